The predicted molar refractivity (Wildman–Crippen MR) is 49.3 cm³/mol. The van der Waals surface area contributed by atoms with Gasteiger partial charge in [-0.25, -0.2) is 0 Å². The van der Waals surface area contributed by atoms with E-state index in [1.807, 2.05) is 0 Å². The average molecular weight is 216 g/mol. The van der Waals surface area contributed by atoms with Gasteiger partial charge in [0.1, 0.15) is 0 Å². The molecular formula is C11H11F3O. The maximum Gasteiger partial charge on any atom is 0.393 e. The van der Waals surface area contributed by atoms with E-state index in [1.165, 1.54) is 12.1 Å². The van der Waals surface area contributed by atoms with Crippen LogP contribution in [0, 0.1) is 0 Å². The molecule has 0 radical (unpaired) electrons. The molecule has 1 saturated carbocycles. The molecule has 1 aromatic carbocycles. The molecule has 1 N–H and O–H groups in total. The van der Waals surface area contributed by atoms with Crippen LogP contribution in [0.25, 0.3) is 0 Å². The van der Waals surface area contributed by atoms with E-state index in [0.717, 1.165) is 0 Å². The van der Waals surface area contributed by atoms with E-state index >= 15 is 0 Å². The fourth-order valence-electron chi connectivity index (χ4n) is 1.61. The Hall–Kier alpha value is -1.03. The summed E-state index contributed by atoms with van der Waals surface area (Å²) in [6.45, 7) is 0. The maximum atomic E-state index is 12.1. The monoisotopic (exact) mass is 216 g/mol. The van der Waals surface area contributed by atoms with Crippen molar-refractivity contribution in [3.63, 3.8) is 0 Å². The zero-order valence-electron chi connectivity index (χ0n) is 8.01. The fraction of sp³-hybridized carbons (Fsp3) is 0.455. The van der Waals surface area contributed by atoms with Crippen LogP contribution in [0.1, 0.15) is 24.0 Å². The smallest absolute Gasteiger partial charge is 0.385 e. The van der Waals surface area contributed by atoms with Crippen molar-refractivity contribution in [2.45, 2.75) is 31.0 Å². The molecule has 15 heavy (non-hydrogen) atoms. The summed E-state index contributed by atoms with van der Waals surface area (Å²) >= 11 is 0. The molecule has 0 bridgehead atoms. The fourth-order valence-corrected chi connectivity index (χ4v) is 1.61. The number of aliphatic hydroxyl groups is 1. The number of halogens is 3. The Morgan fingerprint density at radius 2 is 1.93 bits per heavy atom. The predicted octanol–water partition coefficient (Wildman–Crippen LogP) is 2.77. The lowest BCUT2D eigenvalue weighted by molar-refractivity contribution is -0.127. The van der Waals surface area contributed by atoms with Gasteiger partial charge in [0.15, 0.2) is 0 Å². The molecule has 1 aliphatic carbocycles. The summed E-state index contributed by atoms with van der Waals surface area (Å²) in [4.78, 5) is 0. The van der Waals surface area contributed by atoms with Crippen LogP contribution in [0.5, 0.6) is 0 Å². The third kappa shape index (κ3) is 2.50. The summed E-state index contributed by atoms with van der Waals surface area (Å²) in [5, 5.41) is 9.74. The lowest BCUT2D eigenvalue weighted by atomic mass is 10.0. The molecule has 1 aromatic rings. The highest BCUT2D eigenvalue weighted by Crippen LogP contribution is 2.45. The van der Waals surface area contributed by atoms with Crippen molar-refractivity contribution in [1.29, 1.82) is 0 Å². The van der Waals surface area contributed by atoms with Gasteiger partial charge >= 0.3 is 6.18 Å². The Morgan fingerprint density at radius 3 is 2.47 bits per heavy atom. The highest BCUT2D eigenvalue weighted by Gasteiger charge is 2.42. The minimum absolute atomic E-state index is 0.209. The normalized spacial score (nSPS) is 18.9. The average Bonchev–Trinajstić information content (AvgIpc) is 2.82. The SMILES string of the molecule is OC1(c2cccc(CC(F)(F)F)c2)CC1. The summed E-state index contributed by atoms with van der Waals surface area (Å²) < 4.78 is 36.4. The van der Waals surface area contributed by atoms with Gasteiger partial charge in [0, 0.05) is 0 Å². The Morgan fingerprint density at radius 1 is 1.27 bits per heavy atom. The Kier molecular flexibility index (Phi) is 2.26. The number of hydrogen-bond donors (Lipinski definition) is 1. The van der Waals surface area contributed by atoms with Gasteiger partial charge in [-0.3, -0.25) is 0 Å². The molecule has 0 atom stereocenters. The molecule has 0 saturated heterocycles. The molecule has 1 fully saturated rings. The van der Waals surface area contributed by atoms with Crippen LogP contribution >= 0.6 is 0 Å². The van der Waals surface area contributed by atoms with E-state index in [1.54, 1.807) is 12.1 Å². The summed E-state index contributed by atoms with van der Waals surface area (Å²) in [7, 11) is 0. The van der Waals surface area contributed by atoms with Crippen LogP contribution in [0.4, 0.5) is 13.2 Å². The summed E-state index contributed by atoms with van der Waals surface area (Å²) in [6, 6.07) is 6.11. The Labute approximate surface area is 85.5 Å². The largest absolute Gasteiger partial charge is 0.393 e. The minimum Gasteiger partial charge on any atom is -0.385 e. The van der Waals surface area contributed by atoms with Gasteiger partial charge in [-0.2, -0.15) is 13.2 Å². The number of alkyl halides is 3. The van der Waals surface area contributed by atoms with Gasteiger partial charge in [-0.1, -0.05) is 24.3 Å². The maximum absolute atomic E-state index is 12.1. The van der Waals surface area contributed by atoms with Gasteiger partial charge in [-0.05, 0) is 24.0 Å². The molecule has 0 amide bonds. The van der Waals surface area contributed by atoms with Crippen molar-refractivity contribution in [3.8, 4) is 0 Å². The first kappa shape index (κ1) is 10.5. The van der Waals surface area contributed by atoms with Crippen LogP contribution in [0.2, 0.25) is 0 Å². The standard InChI is InChI=1S/C11H11F3O/c12-11(13,14)7-8-2-1-3-9(6-8)10(15)4-5-10/h1-3,6,15H,4-5,7H2. The first-order valence-corrected chi connectivity index (χ1v) is 4.78. The second-order valence-electron chi connectivity index (χ2n) is 4.02. The van der Waals surface area contributed by atoms with Gasteiger partial charge in [0.25, 0.3) is 0 Å². The zero-order chi connectivity index (χ0) is 11.1. The van der Waals surface area contributed by atoms with Crippen LogP contribution in [0.3, 0.4) is 0 Å². The van der Waals surface area contributed by atoms with Gasteiger partial charge in [0.2, 0.25) is 0 Å². The lowest BCUT2D eigenvalue weighted by Crippen LogP contribution is -2.12. The van der Waals surface area contributed by atoms with E-state index in [4.69, 9.17) is 0 Å². The van der Waals surface area contributed by atoms with E-state index in [2.05, 4.69) is 0 Å². The second-order valence-corrected chi connectivity index (χ2v) is 4.02. The van der Waals surface area contributed by atoms with Crippen LogP contribution < -0.4 is 0 Å². The Balaban J connectivity index is 2.20. The highest BCUT2D eigenvalue weighted by molar-refractivity contribution is 5.32. The summed E-state index contributed by atoms with van der Waals surface area (Å²) in [6.07, 6.45) is -3.84. The van der Waals surface area contributed by atoms with Crippen LogP contribution in [0.15, 0.2) is 24.3 Å². The minimum atomic E-state index is -4.19. The molecule has 2 rings (SSSR count). The number of benzene rings is 1. The third-order valence-corrected chi connectivity index (χ3v) is 2.59. The molecule has 1 aliphatic rings. The zero-order valence-corrected chi connectivity index (χ0v) is 8.01. The first-order chi connectivity index (χ1) is 6.89. The lowest BCUT2D eigenvalue weighted by Gasteiger charge is -2.11. The van der Waals surface area contributed by atoms with Gasteiger partial charge in [-0.15, -0.1) is 0 Å². The van der Waals surface area contributed by atoms with Crippen molar-refractivity contribution in [1.82, 2.24) is 0 Å². The molecule has 0 heterocycles. The van der Waals surface area contributed by atoms with E-state index in [9.17, 15) is 18.3 Å². The molecule has 82 valence electrons. The molecular weight excluding hydrogens is 205 g/mol. The van der Waals surface area contributed by atoms with Crippen LogP contribution in [-0.4, -0.2) is 11.3 Å². The Bertz CT molecular complexity index is 366. The molecule has 0 aromatic heterocycles. The van der Waals surface area contributed by atoms with Crippen molar-refractivity contribution in [2.75, 3.05) is 0 Å². The highest BCUT2D eigenvalue weighted by atomic mass is 19.4. The molecule has 0 unspecified atom stereocenters. The first-order valence-electron chi connectivity index (χ1n) is 4.78. The molecule has 1 nitrogen and oxygen atoms in total. The van der Waals surface area contributed by atoms with Gasteiger partial charge in [0.05, 0.1) is 12.0 Å². The van der Waals surface area contributed by atoms with Crippen molar-refractivity contribution < 1.29 is 18.3 Å². The quantitative estimate of drug-likeness (QED) is 0.805. The van der Waals surface area contributed by atoms with Crippen LogP contribution in [-0.2, 0) is 12.0 Å². The van der Waals surface area contributed by atoms with Gasteiger partial charge < -0.3 is 5.11 Å². The topological polar surface area (TPSA) is 20.2 Å². The number of rotatable bonds is 2. The molecule has 0 aliphatic heterocycles. The second kappa shape index (κ2) is 3.23. The van der Waals surface area contributed by atoms with E-state index < -0.39 is 18.2 Å². The van der Waals surface area contributed by atoms with E-state index in [-0.39, 0.29) is 5.56 Å². The van der Waals surface area contributed by atoms with Crippen molar-refractivity contribution >= 4 is 0 Å². The summed E-state index contributed by atoms with van der Waals surface area (Å²) in [5.74, 6) is 0. The number of hydrogen-bond acceptors (Lipinski definition) is 1. The molecule has 4 heteroatoms. The molecule has 0 spiro atoms. The van der Waals surface area contributed by atoms with Crippen molar-refractivity contribution in [3.05, 3.63) is 35.4 Å². The third-order valence-electron chi connectivity index (χ3n) is 2.59. The van der Waals surface area contributed by atoms with Crippen molar-refractivity contribution in [2.24, 2.45) is 0 Å². The van der Waals surface area contributed by atoms with E-state index in [0.29, 0.717) is 18.4 Å². The summed E-state index contributed by atoms with van der Waals surface area (Å²) in [5.41, 5.74) is -0.0497.